The summed E-state index contributed by atoms with van der Waals surface area (Å²) in [5.41, 5.74) is 0.744. The number of aliphatic hydroxyl groups excluding tert-OH is 1. The summed E-state index contributed by atoms with van der Waals surface area (Å²) in [5.74, 6) is 0.162. The average molecular weight is 214 g/mol. The highest BCUT2D eigenvalue weighted by molar-refractivity contribution is 5.96. The average Bonchev–Trinajstić information content (AvgIpc) is 2.24. The van der Waals surface area contributed by atoms with E-state index in [1.807, 2.05) is 13.8 Å². The first-order chi connectivity index (χ1) is 7.13. The van der Waals surface area contributed by atoms with E-state index in [0.29, 0.717) is 19.6 Å². The lowest BCUT2D eigenvalue weighted by atomic mass is 9.97. The maximum atomic E-state index is 11.7. The van der Waals surface area contributed by atoms with E-state index in [1.165, 1.54) is 0 Å². The molecule has 0 fully saturated rings. The second-order valence-electron chi connectivity index (χ2n) is 3.65. The quantitative estimate of drug-likeness (QED) is 0.496. The SMILES string of the molecule is CCOCCC(C)C(=O)C(C)=CCCO. The van der Waals surface area contributed by atoms with Crippen molar-refractivity contribution in [1.29, 1.82) is 0 Å². The fourth-order valence-electron chi connectivity index (χ4n) is 1.31. The number of ketones is 1. The Morgan fingerprint density at radius 3 is 2.73 bits per heavy atom. The number of carbonyl (C=O) groups excluding carboxylic acids is 1. The van der Waals surface area contributed by atoms with Crippen LogP contribution in [0.1, 0.15) is 33.6 Å². The molecular formula is C12H22O3. The van der Waals surface area contributed by atoms with Gasteiger partial charge in [0.1, 0.15) is 0 Å². The maximum Gasteiger partial charge on any atom is 0.161 e. The van der Waals surface area contributed by atoms with Crippen LogP contribution in [0.3, 0.4) is 0 Å². The van der Waals surface area contributed by atoms with Gasteiger partial charge in [0, 0.05) is 25.7 Å². The lowest BCUT2D eigenvalue weighted by Gasteiger charge is -2.10. The van der Waals surface area contributed by atoms with Crippen molar-refractivity contribution in [2.75, 3.05) is 19.8 Å². The van der Waals surface area contributed by atoms with Crippen LogP contribution >= 0.6 is 0 Å². The molecule has 0 amide bonds. The van der Waals surface area contributed by atoms with Crippen LogP contribution in [0.4, 0.5) is 0 Å². The summed E-state index contributed by atoms with van der Waals surface area (Å²) in [5, 5.41) is 8.63. The van der Waals surface area contributed by atoms with Crippen molar-refractivity contribution in [2.24, 2.45) is 5.92 Å². The highest BCUT2D eigenvalue weighted by Gasteiger charge is 2.13. The molecule has 3 nitrogen and oxygen atoms in total. The zero-order valence-electron chi connectivity index (χ0n) is 9.95. The summed E-state index contributed by atoms with van der Waals surface area (Å²) in [6.07, 6.45) is 3.10. The molecule has 0 aromatic rings. The highest BCUT2D eigenvalue weighted by Crippen LogP contribution is 2.10. The topological polar surface area (TPSA) is 46.5 Å². The summed E-state index contributed by atoms with van der Waals surface area (Å²) in [6, 6.07) is 0. The molecule has 0 aromatic heterocycles. The third-order valence-electron chi connectivity index (χ3n) is 2.32. The molecule has 1 unspecified atom stereocenters. The van der Waals surface area contributed by atoms with Crippen LogP contribution in [0.15, 0.2) is 11.6 Å². The number of rotatable bonds is 8. The molecule has 3 heteroatoms. The van der Waals surface area contributed by atoms with E-state index in [2.05, 4.69) is 0 Å². The van der Waals surface area contributed by atoms with Crippen molar-refractivity contribution in [3.63, 3.8) is 0 Å². The van der Waals surface area contributed by atoms with Gasteiger partial charge >= 0.3 is 0 Å². The molecule has 0 aliphatic heterocycles. The summed E-state index contributed by atoms with van der Waals surface area (Å²) in [6.45, 7) is 7.08. The minimum atomic E-state index is 0.00601. The van der Waals surface area contributed by atoms with Crippen LogP contribution in [-0.4, -0.2) is 30.7 Å². The molecule has 0 heterocycles. The van der Waals surface area contributed by atoms with Crippen molar-refractivity contribution in [1.82, 2.24) is 0 Å². The highest BCUT2D eigenvalue weighted by atomic mass is 16.5. The molecule has 88 valence electrons. The van der Waals surface area contributed by atoms with Crippen molar-refractivity contribution in [3.8, 4) is 0 Å². The number of hydrogen-bond donors (Lipinski definition) is 1. The number of hydrogen-bond acceptors (Lipinski definition) is 3. The third-order valence-corrected chi connectivity index (χ3v) is 2.32. The van der Waals surface area contributed by atoms with E-state index in [-0.39, 0.29) is 18.3 Å². The molecule has 0 aliphatic carbocycles. The Bertz CT molecular complexity index is 209. The molecule has 0 radical (unpaired) electrons. The molecule has 0 spiro atoms. The van der Waals surface area contributed by atoms with Gasteiger partial charge < -0.3 is 9.84 Å². The van der Waals surface area contributed by atoms with E-state index in [0.717, 1.165) is 12.0 Å². The van der Waals surface area contributed by atoms with Crippen LogP contribution in [-0.2, 0) is 9.53 Å². The Hall–Kier alpha value is -0.670. The number of allylic oxidation sites excluding steroid dienone is 1. The van der Waals surface area contributed by atoms with Gasteiger partial charge in [0.25, 0.3) is 0 Å². The Balaban J connectivity index is 3.96. The number of carbonyl (C=O) groups is 1. The lowest BCUT2D eigenvalue weighted by Crippen LogP contribution is -2.14. The molecular weight excluding hydrogens is 192 g/mol. The predicted octanol–water partition coefficient (Wildman–Crippen LogP) is 1.95. The fraction of sp³-hybridized carbons (Fsp3) is 0.750. The van der Waals surface area contributed by atoms with Crippen molar-refractivity contribution >= 4 is 5.78 Å². The summed E-state index contributed by atoms with van der Waals surface area (Å²) in [4.78, 5) is 11.7. The van der Waals surface area contributed by atoms with Crippen molar-refractivity contribution in [2.45, 2.75) is 33.6 Å². The Morgan fingerprint density at radius 1 is 1.53 bits per heavy atom. The lowest BCUT2D eigenvalue weighted by molar-refractivity contribution is -0.119. The minimum absolute atomic E-state index is 0.00601. The third kappa shape index (κ3) is 6.42. The van der Waals surface area contributed by atoms with E-state index < -0.39 is 0 Å². The molecule has 1 N–H and O–H groups in total. The predicted molar refractivity (Wildman–Crippen MR) is 60.7 cm³/mol. The van der Waals surface area contributed by atoms with Crippen LogP contribution in [0.25, 0.3) is 0 Å². The molecule has 0 saturated heterocycles. The Kier molecular flexibility index (Phi) is 8.24. The smallest absolute Gasteiger partial charge is 0.161 e. The first-order valence-electron chi connectivity index (χ1n) is 5.53. The monoisotopic (exact) mass is 214 g/mol. The van der Waals surface area contributed by atoms with E-state index in [1.54, 1.807) is 13.0 Å². The van der Waals surface area contributed by atoms with Gasteiger partial charge in [0.15, 0.2) is 5.78 Å². The largest absolute Gasteiger partial charge is 0.396 e. The number of Topliss-reactive ketones (excluding diaryl/α,β-unsaturated/α-hetero) is 1. The first kappa shape index (κ1) is 14.3. The zero-order valence-corrected chi connectivity index (χ0v) is 9.95. The van der Waals surface area contributed by atoms with Gasteiger partial charge in [-0.1, -0.05) is 13.0 Å². The van der Waals surface area contributed by atoms with Gasteiger partial charge in [-0.15, -0.1) is 0 Å². The molecule has 0 rings (SSSR count). The van der Waals surface area contributed by atoms with Crippen molar-refractivity contribution in [3.05, 3.63) is 11.6 Å². The van der Waals surface area contributed by atoms with Crippen LogP contribution < -0.4 is 0 Å². The normalized spacial score (nSPS) is 14.0. The summed E-state index contributed by atoms with van der Waals surface area (Å²) < 4.78 is 5.20. The number of aliphatic hydroxyl groups is 1. The molecule has 0 aromatic carbocycles. The van der Waals surface area contributed by atoms with Crippen LogP contribution in [0.2, 0.25) is 0 Å². The van der Waals surface area contributed by atoms with Gasteiger partial charge in [0.05, 0.1) is 0 Å². The van der Waals surface area contributed by atoms with E-state index >= 15 is 0 Å². The van der Waals surface area contributed by atoms with Crippen LogP contribution in [0, 0.1) is 5.92 Å². The van der Waals surface area contributed by atoms with Gasteiger partial charge in [-0.25, -0.2) is 0 Å². The standard InChI is InChI=1S/C12H22O3/c1-4-15-9-7-11(3)12(14)10(2)6-5-8-13/h6,11,13H,4-5,7-9H2,1-3H3. The van der Waals surface area contributed by atoms with E-state index in [9.17, 15) is 4.79 Å². The number of ether oxygens (including phenoxy) is 1. The Morgan fingerprint density at radius 2 is 2.20 bits per heavy atom. The second kappa shape index (κ2) is 8.62. The summed E-state index contributed by atoms with van der Waals surface area (Å²) >= 11 is 0. The minimum Gasteiger partial charge on any atom is -0.396 e. The molecule has 0 aliphatic rings. The second-order valence-corrected chi connectivity index (χ2v) is 3.65. The van der Waals surface area contributed by atoms with E-state index in [4.69, 9.17) is 9.84 Å². The maximum absolute atomic E-state index is 11.7. The van der Waals surface area contributed by atoms with Crippen molar-refractivity contribution < 1.29 is 14.6 Å². The zero-order chi connectivity index (χ0) is 11.7. The first-order valence-corrected chi connectivity index (χ1v) is 5.53. The van der Waals surface area contributed by atoms with Crippen LogP contribution in [0.5, 0.6) is 0 Å². The molecule has 0 bridgehead atoms. The van der Waals surface area contributed by atoms with Gasteiger partial charge in [-0.3, -0.25) is 4.79 Å². The fourth-order valence-corrected chi connectivity index (χ4v) is 1.31. The Labute approximate surface area is 92.1 Å². The summed E-state index contributed by atoms with van der Waals surface area (Å²) in [7, 11) is 0. The molecule has 0 saturated carbocycles. The van der Waals surface area contributed by atoms with Gasteiger partial charge in [0.2, 0.25) is 0 Å². The van der Waals surface area contributed by atoms with Gasteiger partial charge in [-0.2, -0.15) is 0 Å². The molecule has 1 atom stereocenters. The van der Waals surface area contributed by atoms with Gasteiger partial charge in [-0.05, 0) is 32.3 Å². The molecule has 15 heavy (non-hydrogen) atoms.